The Hall–Kier alpha value is -1.25. The van der Waals surface area contributed by atoms with Crippen molar-refractivity contribution in [2.24, 2.45) is 7.05 Å². The molecule has 0 saturated heterocycles. The smallest absolute Gasteiger partial charge is 0.311 e. The van der Waals surface area contributed by atoms with Gasteiger partial charge in [-0.3, -0.25) is 4.79 Å². The Morgan fingerprint density at radius 1 is 1.50 bits per heavy atom. The molecule has 0 atom stereocenters. The third-order valence-corrected chi connectivity index (χ3v) is 2.52. The van der Waals surface area contributed by atoms with Crippen LogP contribution in [0.3, 0.4) is 0 Å². The molecule has 3 nitrogen and oxygen atoms in total. The summed E-state index contributed by atoms with van der Waals surface area (Å²) in [6.45, 7) is 6.36. The Bertz CT molecular complexity index is 339. The van der Waals surface area contributed by atoms with Crippen LogP contribution in [0.15, 0.2) is 6.07 Å². The predicted molar refractivity (Wildman–Crippen MR) is 55.2 cm³/mol. The summed E-state index contributed by atoms with van der Waals surface area (Å²) in [5.74, 6) is -0.159. The summed E-state index contributed by atoms with van der Waals surface area (Å²) in [6.07, 6.45) is 0.360. The van der Waals surface area contributed by atoms with Gasteiger partial charge in [-0.2, -0.15) is 0 Å². The van der Waals surface area contributed by atoms with Gasteiger partial charge in [-0.15, -0.1) is 0 Å². The summed E-state index contributed by atoms with van der Waals surface area (Å²) in [5.41, 5.74) is 3.43. The predicted octanol–water partition coefficient (Wildman–Crippen LogP) is 1.75. The second-order valence-corrected chi connectivity index (χ2v) is 3.44. The first-order valence-corrected chi connectivity index (χ1v) is 4.83. The van der Waals surface area contributed by atoms with Crippen LogP contribution in [-0.2, 0) is 23.0 Å². The summed E-state index contributed by atoms with van der Waals surface area (Å²) in [4.78, 5) is 11.2. The van der Waals surface area contributed by atoms with Crippen molar-refractivity contribution in [2.75, 3.05) is 6.61 Å². The van der Waals surface area contributed by atoms with Crippen molar-refractivity contribution < 1.29 is 9.53 Å². The first-order chi connectivity index (χ1) is 6.56. The van der Waals surface area contributed by atoms with Crippen LogP contribution in [0, 0.1) is 13.8 Å². The lowest BCUT2D eigenvalue weighted by molar-refractivity contribution is -0.142. The normalized spacial score (nSPS) is 10.3. The quantitative estimate of drug-likeness (QED) is 0.688. The maximum Gasteiger partial charge on any atom is 0.311 e. The van der Waals surface area contributed by atoms with Crippen LogP contribution in [0.4, 0.5) is 0 Å². The Morgan fingerprint density at radius 3 is 2.57 bits per heavy atom. The van der Waals surface area contributed by atoms with Gasteiger partial charge >= 0.3 is 5.97 Å². The second kappa shape index (κ2) is 4.31. The number of ether oxygens (including phenoxy) is 1. The molecule has 1 heterocycles. The zero-order valence-corrected chi connectivity index (χ0v) is 9.26. The molecule has 0 aliphatic carbocycles. The molecule has 3 heteroatoms. The SMILES string of the molecule is CCOC(=O)Cc1cc(C)c(C)n1C. The number of hydrogen-bond acceptors (Lipinski definition) is 2. The molecule has 0 radical (unpaired) electrons. The van der Waals surface area contributed by atoms with Crippen molar-refractivity contribution in [1.29, 1.82) is 0 Å². The molecule has 1 aromatic heterocycles. The fourth-order valence-electron chi connectivity index (χ4n) is 1.46. The first-order valence-electron chi connectivity index (χ1n) is 4.83. The highest BCUT2D eigenvalue weighted by molar-refractivity contribution is 5.72. The third kappa shape index (κ3) is 2.16. The standard InChI is InChI=1S/C11H17NO2/c1-5-14-11(13)7-10-6-8(2)9(3)12(10)4/h6H,5,7H2,1-4H3. The monoisotopic (exact) mass is 195 g/mol. The molecule has 0 aromatic carbocycles. The van der Waals surface area contributed by atoms with E-state index in [0.29, 0.717) is 13.0 Å². The van der Waals surface area contributed by atoms with Gasteiger partial charge in [0.2, 0.25) is 0 Å². The Balaban J connectivity index is 2.77. The van der Waals surface area contributed by atoms with Gasteiger partial charge in [0.15, 0.2) is 0 Å². The van der Waals surface area contributed by atoms with Gasteiger partial charge in [-0.25, -0.2) is 0 Å². The van der Waals surface area contributed by atoms with Crippen LogP contribution in [-0.4, -0.2) is 17.1 Å². The maximum absolute atomic E-state index is 11.2. The molecule has 0 aliphatic rings. The van der Waals surface area contributed by atoms with Gasteiger partial charge in [0, 0.05) is 18.4 Å². The number of carbonyl (C=O) groups excluding carboxylic acids is 1. The maximum atomic E-state index is 11.2. The molecule has 0 fully saturated rings. The number of nitrogens with zero attached hydrogens (tertiary/aromatic N) is 1. The molecular weight excluding hydrogens is 178 g/mol. The molecule has 0 N–H and O–H groups in total. The number of rotatable bonds is 3. The van der Waals surface area contributed by atoms with E-state index in [1.807, 2.05) is 38.5 Å². The van der Waals surface area contributed by atoms with Crippen molar-refractivity contribution in [1.82, 2.24) is 4.57 Å². The van der Waals surface area contributed by atoms with E-state index < -0.39 is 0 Å². The average Bonchev–Trinajstić information content (AvgIpc) is 2.34. The molecular formula is C11H17NO2. The van der Waals surface area contributed by atoms with Gasteiger partial charge < -0.3 is 9.30 Å². The molecule has 0 spiro atoms. The van der Waals surface area contributed by atoms with Gasteiger partial charge in [0.05, 0.1) is 13.0 Å². The van der Waals surface area contributed by atoms with E-state index in [1.165, 1.54) is 11.3 Å². The van der Waals surface area contributed by atoms with Crippen LogP contribution >= 0.6 is 0 Å². The summed E-state index contributed by atoms with van der Waals surface area (Å²) >= 11 is 0. The fourth-order valence-corrected chi connectivity index (χ4v) is 1.46. The van der Waals surface area contributed by atoms with Crippen LogP contribution in [0.1, 0.15) is 23.9 Å². The van der Waals surface area contributed by atoms with E-state index in [2.05, 4.69) is 0 Å². The van der Waals surface area contributed by atoms with Crippen LogP contribution in [0.5, 0.6) is 0 Å². The van der Waals surface area contributed by atoms with Gasteiger partial charge in [-0.1, -0.05) is 0 Å². The van der Waals surface area contributed by atoms with E-state index in [0.717, 1.165) is 5.69 Å². The summed E-state index contributed by atoms with van der Waals surface area (Å²) in [7, 11) is 1.97. The van der Waals surface area contributed by atoms with E-state index in [9.17, 15) is 4.79 Å². The van der Waals surface area contributed by atoms with Gasteiger partial charge in [-0.05, 0) is 32.4 Å². The number of aromatic nitrogens is 1. The largest absolute Gasteiger partial charge is 0.466 e. The molecule has 1 aromatic rings. The topological polar surface area (TPSA) is 31.2 Å². The molecule has 0 amide bonds. The second-order valence-electron chi connectivity index (χ2n) is 3.44. The molecule has 1 rings (SSSR count). The molecule has 0 aliphatic heterocycles. The van der Waals surface area contributed by atoms with Crippen molar-refractivity contribution in [3.8, 4) is 0 Å². The van der Waals surface area contributed by atoms with Crippen molar-refractivity contribution in [2.45, 2.75) is 27.2 Å². The third-order valence-electron chi connectivity index (χ3n) is 2.52. The van der Waals surface area contributed by atoms with Gasteiger partial charge in [0.1, 0.15) is 0 Å². The Morgan fingerprint density at radius 2 is 2.14 bits per heavy atom. The van der Waals surface area contributed by atoms with Crippen LogP contribution in [0.25, 0.3) is 0 Å². The molecule has 78 valence electrons. The van der Waals surface area contributed by atoms with Crippen LogP contribution in [0.2, 0.25) is 0 Å². The summed E-state index contributed by atoms with van der Waals surface area (Å²) in [6, 6.07) is 2.03. The van der Waals surface area contributed by atoms with Crippen molar-refractivity contribution in [3.63, 3.8) is 0 Å². The Kier molecular flexibility index (Phi) is 3.33. The lowest BCUT2D eigenvalue weighted by atomic mass is 10.2. The van der Waals surface area contributed by atoms with E-state index in [1.54, 1.807) is 0 Å². The molecule has 0 bridgehead atoms. The molecule has 0 saturated carbocycles. The highest BCUT2D eigenvalue weighted by Crippen LogP contribution is 2.13. The number of carbonyl (C=O) groups is 1. The molecule has 14 heavy (non-hydrogen) atoms. The zero-order valence-electron chi connectivity index (χ0n) is 9.26. The average molecular weight is 195 g/mol. The van der Waals surface area contributed by atoms with Crippen molar-refractivity contribution in [3.05, 3.63) is 23.0 Å². The summed E-state index contributed by atoms with van der Waals surface area (Å²) in [5, 5.41) is 0. The van der Waals surface area contributed by atoms with Gasteiger partial charge in [0.25, 0.3) is 0 Å². The highest BCUT2D eigenvalue weighted by Gasteiger charge is 2.10. The summed E-state index contributed by atoms with van der Waals surface area (Å²) < 4.78 is 6.93. The minimum absolute atomic E-state index is 0.159. The lowest BCUT2D eigenvalue weighted by Crippen LogP contribution is -2.10. The zero-order chi connectivity index (χ0) is 10.7. The van der Waals surface area contributed by atoms with E-state index in [-0.39, 0.29) is 5.97 Å². The van der Waals surface area contributed by atoms with E-state index in [4.69, 9.17) is 4.74 Å². The minimum atomic E-state index is -0.159. The van der Waals surface area contributed by atoms with E-state index >= 15 is 0 Å². The lowest BCUT2D eigenvalue weighted by Gasteiger charge is -2.04. The highest BCUT2D eigenvalue weighted by atomic mass is 16.5. The molecule has 0 unspecified atom stereocenters. The van der Waals surface area contributed by atoms with Crippen LogP contribution < -0.4 is 0 Å². The minimum Gasteiger partial charge on any atom is -0.466 e. The number of aryl methyl sites for hydroxylation is 1. The first kappa shape index (κ1) is 10.8. The Labute approximate surface area is 84.7 Å². The van der Waals surface area contributed by atoms with Crippen molar-refractivity contribution >= 4 is 5.97 Å². The number of esters is 1. The number of hydrogen-bond donors (Lipinski definition) is 0. The fraction of sp³-hybridized carbons (Fsp3) is 0.545.